The summed E-state index contributed by atoms with van der Waals surface area (Å²) in [6.07, 6.45) is -4.56. The van der Waals surface area contributed by atoms with Crippen molar-refractivity contribution in [1.29, 1.82) is 0 Å². The first-order valence-electron chi connectivity index (χ1n) is 10.6. The normalized spacial score (nSPS) is 12.9. The van der Waals surface area contributed by atoms with E-state index in [0.29, 0.717) is 5.56 Å². The van der Waals surface area contributed by atoms with Crippen LogP contribution in [0.4, 0.5) is 13.2 Å². The zero-order valence-electron chi connectivity index (χ0n) is 19.1. The van der Waals surface area contributed by atoms with E-state index < -0.39 is 27.7 Å². The quantitative estimate of drug-likeness (QED) is 0.323. The molecule has 0 amide bonds. The van der Waals surface area contributed by atoms with Gasteiger partial charge in [-0.1, -0.05) is 32.9 Å². The first-order valence-corrected chi connectivity index (χ1v) is 12.9. The Balaban J connectivity index is 1.93. The van der Waals surface area contributed by atoms with Crippen LogP contribution in [0.3, 0.4) is 0 Å². The maximum absolute atomic E-state index is 13.8. The molecule has 35 heavy (non-hydrogen) atoms. The molecular weight excluding hydrogens is 499 g/mol. The Kier molecular flexibility index (Phi) is 6.09. The summed E-state index contributed by atoms with van der Waals surface area (Å²) in [6, 6.07) is 12.3. The first-order chi connectivity index (χ1) is 16.2. The highest BCUT2D eigenvalue weighted by Crippen LogP contribution is 2.35. The summed E-state index contributed by atoms with van der Waals surface area (Å²) >= 11 is 0.997. The van der Waals surface area contributed by atoms with Crippen molar-refractivity contribution in [2.75, 3.05) is 0 Å². The molecule has 0 aliphatic rings. The van der Waals surface area contributed by atoms with Gasteiger partial charge in [0, 0.05) is 17.5 Å². The molecule has 2 aromatic carbocycles. The topological polar surface area (TPSA) is 76.4 Å². The van der Waals surface area contributed by atoms with Crippen LogP contribution in [0.2, 0.25) is 0 Å². The SMILES string of the molecule is CC(C)(C)c1cccc(S(=O)(=O)n2c(Cc3csc(C(=O)O)c3)cc3cc(C(F)(F)F)ccc32)c1. The van der Waals surface area contributed by atoms with Gasteiger partial charge in [0.2, 0.25) is 0 Å². The second-order valence-corrected chi connectivity index (χ2v) is 12.0. The number of hydrogen-bond donors (Lipinski definition) is 1. The lowest BCUT2D eigenvalue weighted by molar-refractivity contribution is -0.137. The largest absolute Gasteiger partial charge is 0.477 e. The number of nitrogens with zero attached hydrogens (tertiary/aromatic N) is 1. The van der Waals surface area contributed by atoms with Gasteiger partial charge >= 0.3 is 12.1 Å². The van der Waals surface area contributed by atoms with E-state index in [4.69, 9.17) is 0 Å². The predicted octanol–water partition coefficient (Wildman–Crippen LogP) is 6.55. The molecule has 5 nitrogen and oxygen atoms in total. The Bertz CT molecular complexity index is 1540. The number of benzene rings is 2. The molecule has 0 aliphatic carbocycles. The average molecular weight is 522 g/mol. The molecule has 0 atom stereocenters. The maximum atomic E-state index is 13.8. The fourth-order valence-corrected chi connectivity index (χ4v) is 6.19. The number of hydrogen-bond acceptors (Lipinski definition) is 4. The van der Waals surface area contributed by atoms with Crippen molar-refractivity contribution in [3.63, 3.8) is 0 Å². The van der Waals surface area contributed by atoms with Gasteiger partial charge in [-0.3, -0.25) is 0 Å². The molecule has 2 heterocycles. The van der Waals surface area contributed by atoms with E-state index >= 15 is 0 Å². The van der Waals surface area contributed by atoms with Crippen molar-refractivity contribution in [3.05, 3.63) is 87.2 Å². The van der Waals surface area contributed by atoms with Gasteiger partial charge in [0.1, 0.15) is 4.88 Å². The van der Waals surface area contributed by atoms with Crippen LogP contribution in [0.5, 0.6) is 0 Å². The molecule has 4 rings (SSSR count). The Labute approximate surface area is 204 Å². The van der Waals surface area contributed by atoms with E-state index in [2.05, 4.69) is 0 Å². The third kappa shape index (κ3) is 4.85. The third-order valence-corrected chi connectivity index (χ3v) is 8.37. The van der Waals surface area contributed by atoms with Crippen molar-refractivity contribution < 1.29 is 31.5 Å². The zero-order chi connectivity index (χ0) is 25.8. The van der Waals surface area contributed by atoms with Crippen LogP contribution >= 0.6 is 11.3 Å². The number of carboxylic acid groups (broad SMARTS) is 1. The summed E-state index contributed by atoms with van der Waals surface area (Å²) < 4.78 is 68.7. The third-order valence-electron chi connectivity index (χ3n) is 5.64. The lowest BCUT2D eigenvalue weighted by atomic mass is 9.87. The summed E-state index contributed by atoms with van der Waals surface area (Å²) in [4.78, 5) is 11.4. The molecule has 10 heteroatoms. The molecule has 0 unspecified atom stereocenters. The second kappa shape index (κ2) is 8.53. The number of rotatable bonds is 5. The number of alkyl halides is 3. The van der Waals surface area contributed by atoms with Crippen LogP contribution < -0.4 is 0 Å². The summed E-state index contributed by atoms with van der Waals surface area (Å²) in [7, 11) is -4.19. The Morgan fingerprint density at radius 1 is 1.00 bits per heavy atom. The number of aromatic carboxylic acids is 1. The fraction of sp³-hybridized carbons (Fsp3) is 0.240. The van der Waals surface area contributed by atoms with Crippen molar-refractivity contribution in [1.82, 2.24) is 3.97 Å². The van der Waals surface area contributed by atoms with Gasteiger partial charge in [-0.25, -0.2) is 17.2 Å². The van der Waals surface area contributed by atoms with E-state index in [9.17, 15) is 31.5 Å². The maximum Gasteiger partial charge on any atom is 0.416 e. The zero-order valence-corrected chi connectivity index (χ0v) is 20.7. The number of halogens is 3. The van der Waals surface area contributed by atoms with Gasteiger partial charge in [-0.05, 0) is 64.4 Å². The van der Waals surface area contributed by atoms with Crippen molar-refractivity contribution >= 4 is 38.2 Å². The Morgan fingerprint density at radius 2 is 1.71 bits per heavy atom. The minimum atomic E-state index is -4.58. The monoisotopic (exact) mass is 521 g/mol. The Morgan fingerprint density at radius 3 is 2.31 bits per heavy atom. The molecule has 0 bridgehead atoms. The highest BCUT2D eigenvalue weighted by atomic mass is 32.2. The highest BCUT2D eigenvalue weighted by Gasteiger charge is 2.32. The molecule has 184 valence electrons. The van der Waals surface area contributed by atoms with E-state index in [0.717, 1.165) is 39.1 Å². The van der Waals surface area contributed by atoms with Crippen LogP contribution in [-0.2, 0) is 28.0 Å². The number of fused-ring (bicyclic) bond motifs is 1. The number of thiophene rings is 1. The fourth-order valence-electron chi connectivity index (χ4n) is 3.85. The molecule has 0 spiro atoms. The van der Waals surface area contributed by atoms with Crippen LogP contribution in [0.25, 0.3) is 10.9 Å². The molecule has 0 radical (unpaired) electrons. The summed E-state index contributed by atoms with van der Waals surface area (Å²) in [6.45, 7) is 5.85. The molecule has 0 fully saturated rings. The standard InChI is InChI=1S/C25H22F3NO4S2/c1-24(2,3)17-5-4-6-20(13-17)35(32,33)29-19(9-15-10-22(23(30)31)34-14-15)12-16-11-18(25(26,27)28)7-8-21(16)29/h4-8,10-14H,9H2,1-3H3,(H,30,31). The summed E-state index contributed by atoms with van der Waals surface area (Å²) in [5.41, 5.74) is 0.479. The lowest BCUT2D eigenvalue weighted by Crippen LogP contribution is -2.18. The van der Waals surface area contributed by atoms with Gasteiger partial charge < -0.3 is 5.11 Å². The molecular formula is C25H22F3NO4S2. The average Bonchev–Trinajstić information content (AvgIpc) is 3.37. The minimum absolute atomic E-state index is 0.0140. The number of aromatic nitrogens is 1. The van der Waals surface area contributed by atoms with E-state index in [1.807, 2.05) is 26.8 Å². The van der Waals surface area contributed by atoms with Gasteiger partial charge in [0.05, 0.1) is 16.0 Å². The van der Waals surface area contributed by atoms with Crippen LogP contribution in [0.1, 0.15) is 52.8 Å². The predicted molar refractivity (Wildman–Crippen MR) is 129 cm³/mol. The lowest BCUT2D eigenvalue weighted by Gasteiger charge is -2.20. The summed E-state index contributed by atoms with van der Waals surface area (Å²) in [5, 5.41) is 10.9. The van der Waals surface area contributed by atoms with Gasteiger partial charge in [0.15, 0.2) is 0 Å². The van der Waals surface area contributed by atoms with Crippen molar-refractivity contribution in [2.24, 2.45) is 0 Å². The molecule has 1 N–H and O–H groups in total. The van der Waals surface area contributed by atoms with Gasteiger partial charge in [-0.15, -0.1) is 11.3 Å². The van der Waals surface area contributed by atoms with Crippen LogP contribution in [0, 0.1) is 0 Å². The minimum Gasteiger partial charge on any atom is -0.477 e. The second-order valence-electron chi connectivity index (χ2n) is 9.26. The highest BCUT2D eigenvalue weighted by molar-refractivity contribution is 7.90. The number of carboxylic acids is 1. The van der Waals surface area contributed by atoms with E-state index in [1.54, 1.807) is 17.5 Å². The summed E-state index contributed by atoms with van der Waals surface area (Å²) in [5.74, 6) is -1.11. The molecule has 0 saturated heterocycles. The molecule has 4 aromatic rings. The Hall–Kier alpha value is -3.11. The van der Waals surface area contributed by atoms with Crippen LogP contribution in [0.15, 0.2) is 64.9 Å². The van der Waals surface area contributed by atoms with E-state index in [1.165, 1.54) is 18.2 Å². The molecule has 0 aliphatic heterocycles. The van der Waals surface area contributed by atoms with Crippen molar-refractivity contribution in [2.45, 2.75) is 43.7 Å². The number of carbonyl (C=O) groups is 1. The van der Waals surface area contributed by atoms with Gasteiger partial charge in [0.25, 0.3) is 10.0 Å². The first kappa shape index (κ1) is 25.0. The smallest absolute Gasteiger partial charge is 0.416 e. The molecule has 2 aromatic heterocycles. The van der Waals surface area contributed by atoms with Crippen LogP contribution in [-0.4, -0.2) is 23.5 Å². The van der Waals surface area contributed by atoms with E-state index in [-0.39, 0.29) is 38.2 Å². The van der Waals surface area contributed by atoms with Crippen molar-refractivity contribution in [3.8, 4) is 0 Å². The molecule has 0 saturated carbocycles. The van der Waals surface area contributed by atoms with Gasteiger partial charge in [-0.2, -0.15) is 13.2 Å².